The van der Waals surface area contributed by atoms with Crippen molar-refractivity contribution in [1.82, 2.24) is 9.97 Å². The Morgan fingerprint density at radius 1 is 1.50 bits per heavy atom. The number of methoxy groups -OCH3 is 1. The first-order valence-electron chi connectivity index (χ1n) is 5.49. The second kappa shape index (κ2) is 4.97. The molecule has 1 aromatic rings. The lowest BCUT2D eigenvalue weighted by Crippen LogP contribution is -2.30. The smallest absolute Gasteiger partial charge is 0.224 e. The van der Waals surface area contributed by atoms with Gasteiger partial charge in [-0.15, -0.1) is 0 Å². The molecular weight excluding hydrogens is 226 g/mol. The van der Waals surface area contributed by atoms with Gasteiger partial charge in [-0.3, -0.25) is 0 Å². The van der Waals surface area contributed by atoms with Crippen LogP contribution < -0.4 is 5.32 Å². The quantitative estimate of drug-likeness (QED) is 0.826. The maximum Gasteiger partial charge on any atom is 0.224 e. The van der Waals surface area contributed by atoms with Crippen LogP contribution in [0.2, 0.25) is 5.28 Å². The van der Waals surface area contributed by atoms with E-state index in [1.54, 1.807) is 13.3 Å². The molecule has 2 unspecified atom stereocenters. The van der Waals surface area contributed by atoms with Crippen molar-refractivity contribution >= 4 is 17.4 Å². The van der Waals surface area contributed by atoms with Gasteiger partial charge in [0.1, 0.15) is 5.82 Å². The van der Waals surface area contributed by atoms with E-state index in [9.17, 15) is 0 Å². The largest absolute Gasteiger partial charge is 0.379 e. The first-order valence-corrected chi connectivity index (χ1v) is 5.87. The predicted octanol–water partition coefficient (Wildman–Crippen LogP) is 2.42. The first-order chi connectivity index (χ1) is 7.70. The molecule has 5 heteroatoms. The number of hydrogen-bond acceptors (Lipinski definition) is 4. The molecule has 4 nitrogen and oxygen atoms in total. The van der Waals surface area contributed by atoms with Gasteiger partial charge < -0.3 is 10.1 Å². The van der Waals surface area contributed by atoms with Crippen molar-refractivity contribution in [3.8, 4) is 0 Å². The number of aryl methyl sites for hydroxylation is 1. The Labute approximate surface area is 100 Å². The summed E-state index contributed by atoms with van der Waals surface area (Å²) in [5.74, 6) is 0.814. The van der Waals surface area contributed by atoms with Crippen LogP contribution in [0.15, 0.2) is 6.20 Å². The number of rotatable bonds is 3. The number of halogens is 1. The van der Waals surface area contributed by atoms with Gasteiger partial charge in [0, 0.05) is 18.9 Å². The van der Waals surface area contributed by atoms with Crippen LogP contribution in [0, 0.1) is 6.92 Å². The first kappa shape index (κ1) is 11.6. The molecule has 0 saturated heterocycles. The van der Waals surface area contributed by atoms with Crippen molar-refractivity contribution in [2.45, 2.75) is 38.3 Å². The van der Waals surface area contributed by atoms with Crippen LogP contribution in [0.5, 0.6) is 0 Å². The van der Waals surface area contributed by atoms with Crippen LogP contribution in [0.4, 0.5) is 5.82 Å². The van der Waals surface area contributed by atoms with E-state index >= 15 is 0 Å². The molecule has 1 heterocycles. The zero-order chi connectivity index (χ0) is 11.5. The number of anilines is 1. The molecule has 88 valence electrons. The molecule has 0 bridgehead atoms. The van der Waals surface area contributed by atoms with Crippen molar-refractivity contribution in [2.75, 3.05) is 12.4 Å². The fraction of sp³-hybridized carbons (Fsp3) is 0.636. The summed E-state index contributed by atoms with van der Waals surface area (Å²) in [7, 11) is 1.75. The number of ether oxygens (including phenoxy) is 1. The van der Waals surface area contributed by atoms with E-state index in [2.05, 4.69) is 15.3 Å². The van der Waals surface area contributed by atoms with Gasteiger partial charge in [0.25, 0.3) is 0 Å². The average Bonchev–Trinajstić information content (AvgIpc) is 2.71. The van der Waals surface area contributed by atoms with Gasteiger partial charge in [-0.2, -0.15) is 0 Å². The van der Waals surface area contributed by atoms with Crippen molar-refractivity contribution in [2.24, 2.45) is 0 Å². The number of nitrogens with one attached hydrogen (secondary N) is 1. The lowest BCUT2D eigenvalue weighted by atomic mass is 10.2. The Kier molecular flexibility index (Phi) is 3.61. The minimum absolute atomic E-state index is 0.271. The molecule has 0 radical (unpaired) electrons. The number of aromatic nitrogens is 2. The van der Waals surface area contributed by atoms with Crippen LogP contribution in [0.25, 0.3) is 0 Å². The Hall–Kier alpha value is -0.870. The molecule has 1 aliphatic rings. The summed E-state index contributed by atoms with van der Waals surface area (Å²) in [4.78, 5) is 8.13. The van der Waals surface area contributed by atoms with Gasteiger partial charge in [0.15, 0.2) is 0 Å². The summed E-state index contributed by atoms with van der Waals surface area (Å²) in [5, 5.41) is 3.67. The molecule has 2 rings (SSSR count). The van der Waals surface area contributed by atoms with E-state index in [0.29, 0.717) is 6.04 Å². The Bertz CT molecular complexity index is 372. The third kappa shape index (κ3) is 2.44. The van der Waals surface area contributed by atoms with Crippen molar-refractivity contribution < 1.29 is 4.74 Å². The molecule has 1 aromatic heterocycles. The predicted molar refractivity (Wildman–Crippen MR) is 63.8 cm³/mol. The third-order valence-corrected chi connectivity index (χ3v) is 3.20. The highest BCUT2D eigenvalue weighted by molar-refractivity contribution is 6.28. The summed E-state index contributed by atoms with van der Waals surface area (Å²) in [6, 6.07) is 0.328. The van der Waals surface area contributed by atoms with Crippen LogP contribution >= 0.6 is 11.6 Å². The van der Waals surface area contributed by atoms with Crippen molar-refractivity contribution in [1.29, 1.82) is 0 Å². The summed E-state index contributed by atoms with van der Waals surface area (Å²) in [5.41, 5.74) is 1.01. The second-order valence-corrected chi connectivity index (χ2v) is 4.46. The van der Waals surface area contributed by atoms with Gasteiger partial charge in [-0.05, 0) is 37.8 Å². The SMILES string of the molecule is COC1CCCC1Nc1nc(Cl)ncc1C. The molecule has 0 amide bonds. The maximum absolute atomic E-state index is 5.78. The molecule has 0 aromatic carbocycles. The molecular formula is C11H16ClN3O. The Morgan fingerprint density at radius 2 is 2.31 bits per heavy atom. The Morgan fingerprint density at radius 3 is 3.06 bits per heavy atom. The van der Waals surface area contributed by atoms with Gasteiger partial charge in [-0.25, -0.2) is 9.97 Å². The summed E-state index contributed by atoms with van der Waals surface area (Å²) in [6.45, 7) is 1.97. The van der Waals surface area contributed by atoms with Crippen LogP contribution in [-0.4, -0.2) is 29.2 Å². The van der Waals surface area contributed by atoms with E-state index in [0.717, 1.165) is 24.2 Å². The standard InChI is InChI=1S/C11H16ClN3O/c1-7-6-13-11(12)15-10(7)14-8-4-3-5-9(8)16-2/h6,8-9H,3-5H2,1-2H3,(H,13,14,15). The molecule has 0 aliphatic heterocycles. The number of nitrogens with zero attached hydrogens (tertiary/aromatic N) is 2. The van der Waals surface area contributed by atoms with E-state index in [4.69, 9.17) is 16.3 Å². The van der Waals surface area contributed by atoms with E-state index < -0.39 is 0 Å². The minimum atomic E-state index is 0.271. The molecule has 16 heavy (non-hydrogen) atoms. The van der Waals surface area contributed by atoms with Crippen LogP contribution in [0.3, 0.4) is 0 Å². The normalized spacial score (nSPS) is 24.7. The van der Waals surface area contributed by atoms with Gasteiger partial charge in [0.05, 0.1) is 12.1 Å². The van der Waals surface area contributed by atoms with E-state index in [1.165, 1.54) is 6.42 Å². The monoisotopic (exact) mass is 241 g/mol. The van der Waals surface area contributed by atoms with Gasteiger partial charge in [-0.1, -0.05) is 0 Å². The summed E-state index contributed by atoms with van der Waals surface area (Å²) < 4.78 is 5.43. The molecule has 1 saturated carbocycles. The van der Waals surface area contributed by atoms with E-state index in [-0.39, 0.29) is 11.4 Å². The molecule has 2 atom stereocenters. The number of hydrogen-bond donors (Lipinski definition) is 1. The zero-order valence-electron chi connectivity index (χ0n) is 9.53. The molecule has 0 spiro atoms. The Balaban J connectivity index is 2.11. The molecule has 1 N–H and O–H groups in total. The summed E-state index contributed by atoms with van der Waals surface area (Å²) in [6.07, 6.45) is 5.40. The molecule has 1 fully saturated rings. The third-order valence-electron chi connectivity index (χ3n) is 3.02. The van der Waals surface area contributed by atoms with Crippen LogP contribution in [0.1, 0.15) is 24.8 Å². The minimum Gasteiger partial charge on any atom is -0.379 e. The fourth-order valence-electron chi connectivity index (χ4n) is 2.12. The van der Waals surface area contributed by atoms with Crippen molar-refractivity contribution in [3.63, 3.8) is 0 Å². The average molecular weight is 242 g/mol. The molecule has 1 aliphatic carbocycles. The highest BCUT2D eigenvalue weighted by Crippen LogP contribution is 2.25. The zero-order valence-corrected chi connectivity index (χ0v) is 10.3. The van der Waals surface area contributed by atoms with Crippen molar-refractivity contribution in [3.05, 3.63) is 17.0 Å². The highest BCUT2D eigenvalue weighted by Gasteiger charge is 2.27. The lowest BCUT2D eigenvalue weighted by Gasteiger charge is -2.20. The fourth-order valence-corrected chi connectivity index (χ4v) is 2.25. The van der Waals surface area contributed by atoms with Crippen LogP contribution in [-0.2, 0) is 4.74 Å². The second-order valence-electron chi connectivity index (χ2n) is 4.13. The van der Waals surface area contributed by atoms with Gasteiger partial charge in [0.2, 0.25) is 5.28 Å². The maximum atomic E-state index is 5.78. The van der Waals surface area contributed by atoms with Gasteiger partial charge >= 0.3 is 0 Å². The van der Waals surface area contributed by atoms with E-state index in [1.807, 2.05) is 6.92 Å². The highest BCUT2D eigenvalue weighted by atomic mass is 35.5. The lowest BCUT2D eigenvalue weighted by molar-refractivity contribution is 0.101. The summed E-state index contributed by atoms with van der Waals surface area (Å²) >= 11 is 5.78. The topological polar surface area (TPSA) is 47.0 Å².